The number of aromatic nitrogens is 7. The Morgan fingerprint density at radius 3 is 2.56 bits per heavy atom. The minimum absolute atomic E-state index is 0.123. The summed E-state index contributed by atoms with van der Waals surface area (Å²) in [4.78, 5) is 7.83. The molecule has 0 aliphatic heterocycles. The van der Waals surface area contributed by atoms with Gasteiger partial charge in [0.25, 0.3) is 0 Å². The third-order valence-corrected chi connectivity index (χ3v) is 3.57. The van der Waals surface area contributed by atoms with Crippen molar-refractivity contribution >= 4 is 0 Å². The lowest BCUT2D eigenvalue weighted by Gasteiger charge is -2.15. The van der Waals surface area contributed by atoms with Crippen molar-refractivity contribution in [2.45, 2.75) is 33.1 Å². The molecule has 25 heavy (non-hydrogen) atoms. The Morgan fingerprint density at radius 2 is 1.88 bits per heavy atom. The third kappa shape index (κ3) is 4.01. The first kappa shape index (κ1) is 17.1. The van der Waals surface area contributed by atoms with Crippen LogP contribution in [0.5, 0.6) is 0 Å². The number of nitrogens with zero attached hydrogens (tertiary/aromatic N) is 7. The van der Waals surface area contributed by atoms with Gasteiger partial charge in [-0.2, -0.15) is 18.3 Å². The molecule has 0 saturated heterocycles. The lowest BCUT2D eigenvalue weighted by Crippen LogP contribution is -2.20. The summed E-state index contributed by atoms with van der Waals surface area (Å²) in [5.41, 5.74) is 0.936. The molecular weight excluding hydrogens is 335 g/mol. The number of halogens is 3. The predicted octanol–water partition coefficient (Wildman–Crippen LogP) is 2.60. The number of alkyl halides is 3. The van der Waals surface area contributed by atoms with E-state index in [-0.39, 0.29) is 12.5 Å². The zero-order chi connectivity index (χ0) is 18.0. The number of aryl methyl sites for hydroxylation is 1. The Hall–Kier alpha value is -2.78. The van der Waals surface area contributed by atoms with Crippen LogP contribution >= 0.6 is 0 Å². The van der Waals surface area contributed by atoms with Crippen LogP contribution in [0, 0.1) is 12.8 Å². The average molecular weight is 351 g/mol. The van der Waals surface area contributed by atoms with Crippen LogP contribution < -0.4 is 0 Å². The first-order valence-corrected chi connectivity index (χ1v) is 7.60. The molecule has 0 aromatic carbocycles. The molecule has 0 aliphatic rings. The molecular formula is C15H16F3N7. The molecule has 0 radical (unpaired) electrons. The molecule has 0 bridgehead atoms. The first-order valence-electron chi connectivity index (χ1n) is 7.60. The fourth-order valence-electron chi connectivity index (χ4n) is 2.54. The van der Waals surface area contributed by atoms with Crippen LogP contribution in [0.3, 0.4) is 0 Å². The van der Waals surface area contributed by atoms with Gasteiger partial charge in [0.1, 0.15) is 17.7 Å². The second-order valence-corrected chi connectivity index (χ2v) is 5.91. The normalized spacial score (nSPS) is 13.2. The molecule has 3 aromatic heterocycles. The lowest BCUT2D eigenvalue weighted by molar-refractivity contribution is -0.144. The highest BCUT2D eigenvalue weighted by molar-refractivity contribution is 5.54. The van der Waals surface area contributed by atoms with Gasteiger partial charge in [0.15, 0.2) is 0 Å². The van der Waals surface area contributed by atoms with Crippen LogP contribution in [0.25, 0.3) is 11.3 Å². The van der Waals surface area contributed by atoms with E-state index in [9.17, 15) is 13.2 Å². The third-order valence-electron chi connectivity index (χ3n) is 3.57. The summed E-state index contributed by atoms with van der Waals surface area (Å²) in [6.45, 7) is 3.93. The van der Waals surface area contributed by atoms with E-state index in [4.69, 9.17) is 0 Å². The summed E-state index contributed by atoms with van der Waals surface area (Å²) in [5, 5.41) is 12.0. The van der Waals surface area contributed by atoms with Crippen LogP contribution in [-0.2, 0) is 19.3 Å². The maximum Gasteiger partial charge on any atom is 0.433 e. The summed E-state index contributed by atoms with van der Waals surface area (Å²) in [7, 11) is 0. The maximum atomic E-state index is 13.0. The molecule has 0 fully saturated rings. The summed E-state index contributed by atoms with van der Waals surface area (Å²) in [6, 6.07) is 1.05. The van der Waals surface area contributed by atoms with Crippen molar-refractivity contribution < 1.29 is 13.2 Å². The smallest absolute Gasteiger partial charge is 0.260 e. The highest BCUT2D eigenvalue weighted by atomic mass is 19.4. The van der Waals surface area contributed by atoms with Gasteiger partial charge in [0.05, 0.1) is 11.9 Å². The standard InChI is InChI=1S/C15H16F3N7/c1-10(7-25-14(15(16,17)18)3-11(2)22-25)6-24-8-13(21-23-24)12-4-19-9-20-5-12/h3-5,8-10H,6-7H2,1-2H3/t10-/m1/s1. The van der Waals surface area contributed by atoms with Gasteiger partial charge in [-0.15, -0.1) is 5.10 Å². The van der Waals surface area contributed by atoms with Crippen LogP contribution in [0.2, 0.25) is 0 Å². The number of hydrogen-bond donors (Lipinski definition) is 0. The second-order valence-electron chi connectivity index (χ2n) is 5.91. The highest BCUT2D eigenvalue weighted by Gasteiger charge is 2.35. The average Bonchev–Trinajstić information content (AvgIpc) is 3.14. The molecule has 0 N–H and O–H groups in total. The van der Waals surface area contributed by atoms with E-state index in [0.717, 1.165) is 16.3 Å². The second kappa shape index (κ2) is 6.61. The molecule has 0 saturated carbocycles. The van der Waals surface area contributed by atoms with Crippen LogP contribution in [0.15, 0.2) is 31.0 Å². The van der Waals surface area contributed by atoms with Gasteiger partial charge in [-0.3, -0.25) is 9.36 Å². The fourth-order valence-corrected chi connectivity index (χ4v) is 2.54. The Labute approximate surface area is 141 Å². The topological polar surface area (TPSA) is 74.3 Å². The van der Waals surface area contributed by atoms with Gasteiger partial charge in [-0.25, -0.2) is 9.97 Å². The maximum absolute atomic E-state index is 13.0. The molecule has 1 atom stereocenters. The minimum Gasteiger partial charge on any atom is -0.260 e. The Balaban J connectivity index is 1.70. The quantitative estimate of drug-likeness (QED) is 0.706. The van der Waals surface area contributed by atoms with Crippen molar-refractivity contribution in [3.63, 3.8) is 0 Å². The largest absolute Gasteiger partial charge is 0.433 e. The van der Waals surface area contributed by atoms with Gasteiger partial charge in [-0.05, 0) is 18.9 Å². The van der Waals surface area contributed by atoms with Crippen molar-refractivity contribution in [1.29, 1.82) is 0 Å². The molecule has 3 heterocycles. The van der Waals surface area contributed by atoms with Crippen molar-refractivity contribution in [2.75, 3.05) is 0 Å². The molecule has 0 spiro atoms. The zero-order valence-corrected chi connectivity index (χ0v) is 13.6. The van der Waals surface area contributed by atoms with E-state index in [2.05, 4.69) is 25.4 Å². The van der Waals surface area contributed by atoms with Crippen molar-refractivity contribution in [3.8, 4) is 11.3 Å². The molecule has 10 heteroatoms. The van der Waals surface area contributed by atoms with Gasteiger partial charge >= 0.3 is 6.18 Å². The Morgan fingerprint density at radius 1 is 1.16 bits per heavy atom. The highest BCUT2D eigenvalue weighted by Crippen LogP contribution is 2.30. The summed E-state index contributed by atoms with van der Waals surface area (Å²) < 4.78 is 41.7. The monoisotopic (exact) mass is 351 g/mol. The minimum atomic E-state index is -4.42. The molecule has 132 valence electrons. The van der Waals surface area contributed by atoms with E-state index in [1.807, 2.05) is 6.92 Å². The Bertz CT molecular complexity index is 838. The van der Waals surface area contributed by atoms with Gasteiger partial charge in [0.2, 0.25) is 0 Å². The molecule has 3 aromatic rings. The van der Waals surface area contributed by atoms with E-state index >= 15 is 0 Å². The van der Waals surface area contributed by atoms with Crippen LogP contribution in [0.1, 0.15) is 18.3 Å². The molecule has 7 nitrogen and oxygen atoms in total. The molecule has 0 amide bonds. The van der Waals surface area contributed by atoms with Crippen LogP contribution in [-0.4, -0.2) is 34.7 Å². The fraction of sp³-hybridized carbons (Fsp3) is 0.400. The summed E-state index contributed by atoms with van der Waals surface area (Å²) in [5.74, 6) is -0.123. The lowest BCUT2D eigenvalue weighted by atomic mass is 10.2. The number of rotatable bonds is 5. The molecule has 0 unspecified atom stereocenters. The van der Waals surface area contributed by atoms with Gasteiger partial charge < -0.3 is 0 Å². The van der Waals surface area contributed by atoms with E-state index < -0.39 is 11.9 Å². The molecule has 0 aliphatic carbocycles. The van der Waals surface area contributed by atoms with Crippen molar-refractivity contribution in [1.82, 2.24) is 34.7 Å². The van der Waals surface area contributed by atoms with Crippen molar-refractivity contribution in [3.05, 3.63) is 42.4 Å². The Kier molecular flexibility index (Phi) is 4.51. The SMILES string of the molecule is Cc1cc(C(F)(F)F)n(C[C@H](C)Cn2cc(-c3cncnc3)nn2)n1. The number of hydrogen-bond acceptors (Lipinski definition) is 5. The van der Waals surface area contributed by atoms with Gasteiger partial charge in [0, 0.05) is 31.0 Å². The summed E-state index contributed by atoms with van der Waals surface area (Å²) >= 11 is 0. The van der Waals surface area contributed by atoms with Crippen molar-refractivity contribution in [2.24, 2.45) is 5.92 Å². The predicted molar refractivity (Wildman–Crippen MR) is 82.2 cm³/mol. The molecule has 3 rings (SSSR count). The van der Waals surface area contributed by atoms with Crippen LogP contribution in [0.4, 0.5) is 13.2 Å². The van der Waals surface area contributed by atoms with E-state index in [0.29, 0.717) is 17.9 Å². The van der Waals surface area contributed by atoms with Gasteiger partial charge in [-0.1, -0.05) is 12.1 Å². The zero-order valence-electron chi connectivity index (χ0n) is 13.6. The first-order chi connectivity index (χ1) is 11.8. The summed E-state index contributed by atoms with van der Waals surface area (Å²) in [6.07, 6.45) is 1.95. The van der Waals surface area contributed by atoms with E-state index in [1.54, 1.807) is 30.2 Å². The van der Waals surface area contributed by atoms with E-state index in [1.165, 1.54) is 6.33 Å².